The van der Waals surface area contributed by atoms with E-state index in [1.54, 1.807) is 0 Å². The fraction of sp³-hybridized carbons (Fsp3) is 0.250. The summed E-state index contributed by atoms with van der Waals surface area (Å²) >= 11 is 6.30. The quantitative estimate of drug-likeness (QED) is 0.865. The lowest BCUT2D eigenvalue weighted by atomic mass is 9.98. The highest BCUT2D eigenvalue weighted by atomic mass is 35.5. The lowest BCUT2D eigenvalue weighted by molar-refractivity contribution is 0.818. The maximum Gasteiger partial charge on any atom is 0.0457 e. The van der Waals surface area contributed by atoms with Gasteiger partial charge >= 0.3 is 0 Å². The van der Waals surface area contributed by atoms with E-state index in [4.69, 9.17) is 11.6 Å². The molecule has 0 bridgehead atoms. The molecular weight excluding hydrogens is 242 g/mol. The number of rotatable bonds is 3. The Morgan fingerprint density at radius 3 is 2.44 bits per heavy atom. The van der Waals surface area contributed by atoms with Gasteiger partial charge in [-0.3, -0.25) is 0 Å². The van der Waals surface area contributed by atoms with E-state index in [1.165, 1.54) is 22.3 Å². The first-order valence-electron chi connectivity index (χ1n) is 6.12. The minimum Gasteiger partial charge on any atom is -0.316 e. The Morgan fingerprint density at radius 2 is 1.83 bits per heavy atom. The van der Waals surface area contributed by atoms with Gasteiger partial charge in [0.05, 0.1) is 0 Å². The molecule has 0 aliphatic carbocycles. The van der Waals surface area contributed by atoms with Gasteiger partial charge in [-0.25, -0.2) is 0 Å². The van der Waals surface area contributed by atoms with Crippen molar-refractivity contribution < 1.29 is 0 Å². The van der Waals surface area contributed by atoms with Crippen LogP contribution in [0.25, 0.3) is 11.1 Å². The predicted molar refractivity (Wildman–Crippen MR) is 79.1 cm³/mol. The first kappa shape index (κ1) is 13.1. The highest BCUT2D eigenvalue weighted by Gasteiger charge is 2.05. The van der Waals surface area contributed by atoms with E-state index in [2.05, 4.69) is 49.5 Å². The van der Waals surface area contributed by atoms with Crippen LogP contribution in [0, 0.1) is 13.8 Å². The number of nitrogens with one attached hydrogen (secondary N) is 1. The van der Waals surface area contributed by atoms with Crippen LogP contribution in [0.4, 0.5) is 0 Å². The van der Waals surface area contributed by atoms with Crippen molar-refractivity contribution in [3.8, 4) is 11.1 Å². The molecule has 0 saturated heterocycles. The van der Waals surface area contributed by atoms with Gasteiger partial charge in [-0.05, 0) is 49.2 Å². The Labute approximate surface area is 114 Å². The van der Waals surface area contributed by atoms with Crippen LogP contribution in [0.3, 0.4) is 0 Å². The van der Waals surface area contributed by atoms with Crippen LogP contribution in [0.1, 0.15) is 16.7 Å². The van der Waals surface area contributed by atoms with Gasteiger partial charge in [-0.1, -0.05) is 47.5 Å². The van der Waals surface area contributed by atoms with E-state index in [9.17, 15) is 0 Å². The molecule has 1 N–H and O–H groups in total. The number of halogens is 1. The van der Waals surface area contributed by atoms with Crippen molar-refractivity contribution in [2.75, 3.05) is 7.05 Å². The zero-order chi connectivity index (χ0) is 13.1. The molecule has 0 saturated carbocycles. The molecule has 18 heavy (non-hydrogen) atoms. The highest BCUT2D eigenvalue weighted by molar-refractivity contribution is 6.31. The zero-order valence-electron chi connectivity index (χ0n) is 11.0. The molecule has 94 valence electrons. The van der Waals surface area contributed by atoms with E-state index >= 15 is 0 Å². The number of hydrogen-bond acceptors (Lipinski definition) is 1. The van der Waals surface area contributed by atoms with Gasteiger partial charge in [0.1, 0.15) is 0 Å². The molecule has 0 amide bonds. The van der Waals surface area contributed by atoms with Crippen LogP contribution in [0.2, 0.25) is 5.02 Å². The molecule has 0 fully saturated rings. The van der Waals surface area contributed by atoms with Crippen molar-refractivity contribution in [1.29, 1.82) is 0 Å². The van der Waals surface area contributed by atoms with Gasteiger partial charge < -0.3 is 5.32 Å². The molecule has 0 aromatic heterocycles. The maximum absolute atomic E-state index is 6.30. The standard InChI is InChI=1S/C16H18ClN/c1-11-4-7-15(12(2)8-11)13-5-6-14(10-18-3)16(17)9-13/h4-9,18H,10H2,1-3H3. The Morgan fingerprint density at radius 1 is 1.06 bits per heavy atom. The first-order chi connectivity index (χ1) is 8.61. The normalized spacial score (nSPS) is 10.7. The van der Waals surface area contributed by atoms with Gasteiger partial charge in [0.25, 0.3) is 0 Å². The number of benzene rings is 2. The third kappa shape index (κ3) is 2.74. The van der Waals surface area contributed by atoms with Crippen LogP contribution in [0.5, 0.6) is 0 Å². The van der Waals surface area contributed by atoms with Gasteiger partial charge in [0.2, 0.25) is 0 Å². The summed E-state index contributed by atoms with van der Waals surface area (Å²) in [7, 11) is 1.92. The molecule has 2 aromatic rings. The molecule has 0 atom stereocenters. The molecule has 0 spiro atoms. The summed E-state index contributed by atoms with van der Waals surface area (Å²) < 4.78 is 0. The molecule has 0 heterocycles. The van der Waals surface area contributed by atoms with Crippen molar-refractivity contribution in [3.05, 3.63) is 58.1 Å². The van der Waals surface area contributed by atoms with Gasteiger partial charge in [0.15, 0.2) is 0 Å². The molecule has 2 aromatic carbocycles. The lowest BCUT2D eigenvalue weighted by Gasteiger charge is -2.10. The largest absolute Gasteiger partial charge is 0.316 e. The monoisotopic (exact) mass is 259 g/mol. The maximum atomic E-state index is 6.30. The summed E-state index contributed by atoms with van der Waals surface area (Å²) in [6.45, 7) is 5.05. The SMILES string of the molecule is CNCc1ccc(-c2ccc(C)cc2C)cc1Cl. The van der Waals surface area contributed by atoms with Crippen LogP contribution >= 0.6 is 11.6 Å². The van der Waals surface area contributed by atoms with Crippen molar-refractivity contribution in [2.45, 2.75) is 20.4 Å². The molecule has 0 aliphatic heterocycles. The van der Waals surface area contributed by atoms with Crippen molar-refractivity contribution in [1.82, 2.24) is 5.32 Å². The average Bonchev–Trinajstić information content (AvgIpc) is 2.32. The second kappa shape index (κ2) is 5.55. The van der Waals surface area contributed by atoms with E-state index in [0.29, 0.717) is 0 Å². The Hall–Kier alpha value is -1.31. The van der Waals surface area contributed by atoms with Crippen LogP contribution in [0.15, 0.2) is 36.4 Å². The fourth-order valence-corrected chi connectivity index (χ4v) is 2.43. The summed E-state index contributed by atoms with van der Waals surface area (Å²) in [4.78, 5) is 0. The molecule has 0 radical (unpaired) electrons. The Bertz CT molecular complexity index is 561. The van der Waals surface area contributed by atoms with Crippen molar-refractivity contribution in [3.63, 3.8) is 0 Å². The third-order valence-corrected chi connectivity index (χ3v) is 3.47. The number of aryl methyl sites for hydroxylation is 2. The van der Waals surface area contributed by atoms with Crippen molar-refractivity contribution in [2.24, 2.45) is 0 Å². The summed E-state index contributed by atoms with van der Waals surface area (Å²) in [6.07, 6.45) is 0. The number of hydrogen-bond donors (Lipinski definition) is 1. The highest BCUT2D eigenvalue weighted by Crippen LogP contribution is 2.28. The van der Waals surface area contributed by atoms with Crippen molar-refractivity contribution >= 4 is 11.6 Å². The fourth-order valence-electron chi connectivity index (χ4n) is 2.19. The van der Waals surface area contributed by atoms with E-state index < -0.39 is 0 Å². The third-order valence-electron chi connectivity index (χ3n) is 3.11. The predicted octanol–water partition coefficient (Wildman–Crippen LogP) is 4.34. The summed E-state index contributed by atoms with van der Waals surface area (Å²) in [5.41, 5.74) is 6.13. The van der Waals surface area contributed by atoms with Gasteiger partial charge in [-0.15, -0.1) is 0 Å². The van der Waals surface area contributed by atoms with E-state index in [0.717, 1.165) is 17.1 Å². The summed E-state index contributed by atoms with van der Waals surface area (Å²) in [5, 5.41) is 3.94. The topological polar surface area (TPSA) is 12.0 Å². The minimum absolute atomic E-state index is 0.798. The second-order valence-corrected chi connectivity index (χ2v) is 5.06. The average molecular weight is 260 g/mol. The molecule has 0 aliphatic rings. The summed E-state index contributed by atoms with van der Waals surface area (Å²) in [6, 6.07) is 12.8. The van der Waals surface area contributed by atoms with E-state index in [1.807, 2.05) is 13.1 Å². The Balaban J connectivity index is 2.42. The molecule has 1 nitrogen and oxygen atoms in total. The van der Waals surface area contributed by atoms with Crippen LogP contribution < -0.4 is 5.32 Å². The molecule has 0 unspecified atom stereocenters. The Kier molecular flexibility index (Phi) is 4.05. The minimum atomic E-state index is 0.798. The zero-order valence-corrected chi connectivity index (χ0v) is 11.8. The summed E-state index contributed by atoms with van der Waals surface area (Å²) in [5.74, 6) is 0. The second-order valence-electron chi connectivity index (χ2n) is 4.65. The molecule has 2 heteroatoms. The van der Waals surface area contributed by atoms with Crippen LogP contribution in [-0.4, -0.2) is 7.05 Å². The van der Waals surface area contributed by atoms with Gasteiger partial charge in [-0.2, -0.15) is 0 Å². The van der Waals surface area contributed by atoms with Gasteiger partial charge in [0, 0.05) is 11.6 Å². The molecular formula is C16H18ClN. The first-order valence-corrected chi connectivity index (χ1v) is 6.50. The lowest BCUT2D eigenvalue weighted by Crippen LogP contribution is -2.05. The van der Waals surface area contributed by atoms with E-state index in [-0.39, 0.29) is 0 Å². The smallest absolute Gasteiger partial charge is 0.0457 e. The molecule has 2 rings (SSSR count). The van der Waals surface area contributed by atoms with Crippen LogP contribution in [-0.2, 0) is 6.54 Å².